The Morgan fingerprint density at radius 1 is 0.273 bits per heavy atom. The van der Waals surface area contributed by atoms with Crippen molar-refractivity contribution in [2.45, 2.75) is 152 Å². The monoisotopic (exact) mass is 775 g/mol. The molecule has 0 spiro atoms. The zero-order valence-electron chi connectivity index (χ0n) is 34.2. The maximum Gasteiger partial charge on any atom is 0.0701 e. The number of methoxy groups -OCH3 is 2. The van der Waals surface area contributed by atoms with E-state index in [4.69, 9.17) is 23.7 Å². The van der Waals surface area contributed by atoms with Gasteiger partial charge in [0, 0.05) is 14.2 Å². The lowest BCUT2D eigenvalue weighted by atomic mass is 9.76. The zero-order valence-corrected chi connectivity index (χ0v) is 34.2. The van der Waals surface area contributed by atoms with Crippen molar-refractivity contribution in [3.8, 4) is 0 Å². The van der Waals surface area contributed by atoms with Crippen LogP contribution in [0, 0.1) is 47.3 Å². The first-order chi connectivity index (χ1) is 27.2. The van der Waals surface area contributed by atoms with Crippen LogP contribution in [0.25, 0.3) is 0 Å². The molecule has 0 aromatic heterocycles. The molecule has 55 heavy (non-hydrogen) atoms. The summed E-state index contributed by atoms with van der Waals surface area (Å²) in [6.07, 6.45) is 25.6. The topological polar surface area (TPSA) is 142 Å². The predicted octanol–water partition coefficient (Wildman–Crippen LogP) is 2.93. The maximum atomic E-state index is 5.26. The van der Waals surface area contributed by atoms with E-state index in [-0.39, 0.29) is 0 Å². The minimum absolute atomic E-state index is 0.420. The molecule has 4 saturated carbocycles. The van der Waals surface area contributed by atoms with Crippen LogP contribution in [0.3, 0.4) is 0 Å². The number of fused-ring (bicyclic) bond motifs is 20. The van der Waals surface area contributed by atoms with Crippen molar-refractivity contribution in [2.24, 2.45) is 47.3 Å². The molecule has 5 aliphatic heterocycles. The first kappa shape index (κ1) is 41.2. The van der Waals surface area contributed by atoms with Gasteiger partial charge in [0.25, 0.3) is 0 Å². The van der Waals surface area contributed by atoms with Gasteiger partial charge in [0.2, 0.25) is 0 Å². The number of hydrogen-bond donors (Lipinski definition) is 8. The van der Waals surface area contributed by atoms with E-state index in [0.29, 0.717) is 102 Å². The van der Waals surface area contributed by atoms with E-state index in [0.717, 1.165) is 47.3 Å². The largest absolute Gasteiger partial charge is 0.382 e. The molecule has 8 bridgehead atoms. The van der Waals surface area contributed by atoms with Crippen LogP contribution in [0.1, 0.15) is 103 Å². The molecule has 0 amide bonds. The lowest BCUT2D eigenvalue weighted by Gasteiger charge is -2.35. The van der Waals surface area contributed by atoms with Gasteiger partial charge >= 0.3 is 0 Å². The second-order valence-electron chi connectivity index (χ2n) is 18.4. The van der Waals surface area contributed by atoms with E-state index in [1.807, 2.05) is 0 Å². The molecule has 8 atom stereocenters. The summed E-state index contributed by atoms with van der Waals surface area (Å²) in [5.74, 6) is 5.97. The third-order valence-corrected chi connectivity index (χ3v) is 15.4. The number of nitrogens with one attached hydrogen (secondary N) is 8. The van der Waals surface area contributed by atoms with Crippen LogP contribution in [0.5, 0.6) is 0 Å². The van der Waals surface area contributed by atoms with E-state index >= 15 is 0 Å². The summed E-state index contributed by atoms with van der Waals surface area (Å²) in [6.45, 7) is 4.87. The van der Waals surface area contributed by atoms with Crippen molar-refractivity contribution >= 4 is 0 Å². The molecule has 4 aliphatic carbocycles. The molecule has 5 heterocycles. The SMILES string of the molecule is C1CCC2C3NC(NC4NC(NC5NC(NC6NC(N3)C3CCCCC63)C3CCCCC53)C3CCCCC43)C2C1.COCCOCCOCCOCCOC. The van der Waals surface area contributed by atoms with Crippen LogP contribution >= 0.6 is 0 Å². The molecule has 8 N–H and O–H groups in total. The smallest absolute Gasteiger partial charge is 0.0701 e. The fraction of sp³-hybridized carbons (Fsp3) is 1.00. The van der Waals surface area contributed by atoms with Gasteiger partial charge in [-0.25, -0.2) is 0 Å². The fourth-order valence-corrected chi connectivity index (χ4v) is 12.8. The normalized spacial score (nSPS) is 44.8. The van der Waals surface area contributed by atoms with Crippen molar-refractivity contribution in [1.82, 2.24) is 42.5 Å². The van der Waals surface area contributed by atoms with Crippen LogP contribution in [0.2, 0.25) is 0 Å². The van der Waals surface area contributed by atoms with E-state index < -0.39 is 0 Å². The highest BCUT2D eigenvalue weighted by Gasteiger charge is 2.54. The molecule has 5 saturated heterocycles. The molecule has 316 valence electrons. The average Bonchev–Trinajstić information content (AvgIpc) is 3.96. The van der Waals surface area contributed by atoms with E-state index in [1.54, 1.807) is 14.2 Å². The Morgan fingerprint density at radius 2 is 0.436 bits per heavy atom. The van der Waals surface area contributed by atoms with Gasteiger partial charge in [-0.3, -0.25) is 42.5 Å². The van der Waals surface area contributed by atoms with Crippen molar-refractivity contribution in [3.63, 3.8) is 0 Å². The average molecular weight is 775 g/mol. The lowest BCUT2D eigenvalue weighted by molar-refractivity contribution is -0.00380. The van der Waals surface area contributed by atoms with Gasteiger partial charge < -0.3 is 23.7 Å². The highest BCUT2D eigenvalue weighted by molar-refractivity contribution is 5.08. The Bertz CT molecular complexity index is 925. The Kier molecular flexibility index (Phi) is 15.5. The third kappa shape index (κ3) is 9.93. The summed E-state index contributed by atoms with van der Waals surface area (Å²) in [5.41, 5.74) is 0. The van der Waals surface area contributed by atoms with Gasteiger partial charge in [-0.15, -0.1) is 0 Å². The second kappa shape index (κ2) is 20.6. The quantitative estimate of drug-likeness (QED) is 0.138. The molecule has 9 aliphatic rings. The summed E-state index contributed by atoms with van der Waals surface area (Å²) < 4.78 is 25.3. The molecule has 8 unspecified atom stereocenters. The zero-order chi connectivity index (χ0) is 37.4. The highest BCUT2D eigenvalue weighted by atomic mass is 16.6. The summed E-state index contributed by atoms with van der Waals surface area (Å²) in [6, 6.07) is 0. The van der Waals surface area contributed by atoms with Crippen molar-refractivity contribution in [1.29, 1.82) is 0 Å². The van der Waals surface area contributed by atoms with E-state index in [9.17, 15) is 0 Å². The molecular formula is C42H78N8O5. The predicted molar refractivity (Wildman–Crippen MR) is 213 cm³/mol. The van der Waals surface area contributed by atoms with Gasteiger partial charge in [-0.05, 0) is 98.7 Å². The summed E-state index contributed by atoms with van der Waals surface area (Å²) in [7, 11) is 3.30. The first-order valence-corrected chi connectivity index (χ1v) is 23.0. The van der Waals surface area contributed by atoms with Crippen LogP contribution in [-0.2, 0) is 23.7 Å². The molecule has 9 fully saturated rings. The number of rotatable bonds is 12. The Balaban J connectivity index is 0.000000245. The first-order valence-electron chi connectivity index (χ1n) is 23.0. The standard InChI is InChI=1S/C32H56N8.C10H22O5/c1-2-10-18-17(9-1)25-33-26(18)38-28-21-13-5-6-14-22(21)30(35-28)40-32-24-16-8-7-15-23(24)31(36-32)39-29-20-12-4-3-11-19(20)27(34-29)37-25;1-11-3-5-13-7-9-15-10-8-14-6-4-12-2/h17-40H,1-16H2;3-10H2,1-2H3. The van der Waals surface area contributed by atoms with Crippen molar-refractivity contribution in [3.05, 3.63) is 0 Å². The van der Waals surface area contributed by atoms with E-state index in [1.165, 1.54) is 103 Å². The lowest BCUT2D eigenvalue weighted by Crippen LogP contribution is -2.61. The van der Waals surface area contributed by atoms with Gasteiger partial charge in [-0.2, -0.15) is 0 Å². The van der Waals surface area contributed by atoms with Crippen LogP contribution in [0.15, 0.2) is 0 Å². The number of ether oxygens (including phenoxy) is 5. The Labute approximate surface area is 332 Å². The molecule has 0 aromatic carbocycles. The maximum absolute atomic E-state index is 5.26. The van der Waals surface area contributed by atoms with Crippen molar-refractivity contribution < 1.29 is 23.7 Å². The van der Waals surface area contributed by atoms with Crippen molar-refractivity contribution in [2.75, 3.05) is 67.1 Å². The second-order valence-corrected chi connectivity index (χ2v) is 18.4. The minimum Gasteiger partial charge on any atom is -0.382 e. The summed E-state index contributed by atoms with van der Waals surface area (Å²) in [5, 5.41) is 33.8. The molecule has 0 radical (unpaired) electrons. The highest BCUT2D eigenvalue weighted by Crippen LogP contribution is 2.45. The molecular weight excluding hydrogens is 697 g/mol. The third-order valence-electron chi connectivity index (χ3n) is 15.4. The van der Waals surface area contributed by atoms with Crippen LogP contribution < -0.4 is 42.5 Å². The molecule has 0 aromatic rings. The Morgan fingerprint density at radius 3 is 0.600 bits per heavy atom. The Hall–Kier alpha value is -0.520. The van der Waals surface area contributed by atoms with Gasteiger partial charge in [0.05, 0.1) is 102 Å². The van der Waals surface area contributed by atoms with Gasteiger partial charge in [-0.1, -0.05) is 51.4 Å². The molecule has 9 rings (SSSR count). The number of hydrogen-bond acceptors (Lipinski definition) is 13. The fourth-order valence-electron chi connectivity index (χ4n) is 12.8. The van der Waals surface area contributed by atoms with Crippen LogP contribution in [-0.4, -0.2) is 116 Å². The molecule has 13 heteroatoms. The van der Waals surface area contributed by atoms with Gasteiger partial charge in [0.1, 0.15) is 0 Å². The van der Waals surface area contributed by atoms with Gasteiger partial charge in [0.15, 0.2) is 0 Å². The molecule has 13 nitrogen and oxygen atoms in total. The summed E-state index contributed by atoms with van der Waals surface area (Å²) in [4.78, 5) is 0. The summed E-state index contributed by atoms with van der Waals surface area (Å²) >= 11 is 0. The minimum atomic E-state index is 0.420. The van der Waals surface area contributed by atoms with Crippen LogP contribution in [0.4, 0.5) is 0 Å². The van der Waals surface area contributed by atoms with E-state index in [2.05, 4.69) is 42.5 Å².